The Morgan fingerprint density at radius 1 is 1.15 bits per heavy atom. The van der Waals surface area contributed by atoms with Gasteiger partial charge in [-0.25, -0.2) is 9.59 Å². The van der Waals surface area contributed by atoms with Gasteiger partial charge in [0.1, 0.15) is 6.61 Å². The molecular formula is C14H20N2O4. The Hall–Kier alpha value is -2.08. The Morgan fingerprint density at radius 2 is 1.80 bits per heavy atom. The molecule has 0 atom stereocenters. The van der Waals surface area contributed by atoms with Crippen molar-refractivity contribution in [3.8, 4) is 0 Å². The van der Waals surface area contributed by atoms with E-state index in [0.717, 1.165) is 12.0 Å². The molecule has 2 amide bonds. The summed E-state index contributed by atoms with van der Waals surface area (Å²) < 4.78 is 4.79. The second-order valence-corrected chi connectivity index (χ2v) is 4.23. The van der Waals surface area contributed by atoms with Crippen LogP contribution in [0.15, 0.2) is 24.3 Å². The lowest BCUT2D eigenvalue weighted by Crippen LogP contribution is -2.37. The number of benzene rings is 1. The van der Waals surface area contributed by atoms with Crippen LogP contribution in [-0.2, 0) is 22.5 Å². The zero-order valence-electron chi connectivity index (χ0n) is 11.5. The average Bonchev–Trinajstić information content (AvgIpc) is 2.45. The largest absolute Gasteiger partial charge is 0.480 e. The standard InChI is InChI=1S/C14H20N2O4/c1-2-11-3-5-12(6-4-11)9-16-14(19)15-7-8-20-10-13(17)18/h3-6H,2,7-10H2,1H3,(H,17,18)(H2,15,16,19). The number of carboxylic acid groups (broad SMARTS) is 1. The van der Waals surface area contributed by atoms with Crippen molar-refractivity contribution in [2.24, 2.45) is 0 Å². The highest BCUT2D eigenvalue weighted by Gasteiger charge is 2.01. The van der Waals surface area contributed by atoms with Gasteiger partial charge < -0.3 is 20.5 Å². The van der Waals surface area contributed by atoms with Gasteiger partial charge in [0.25, 0.3) is 0 Å². The first-order chi connectivity index (χ1) is 9.61. The van der Waals surface area contributed by atoms with E-state index in [0.29, 0.717) is 6.54 Å². The molecule has 20 heavy (non-hydrogen) atoms. The van der Waals surface area contributed by atoms with E-state index in [1.807, 2.05) is 24.3 Å². The molecule has 6 nitrogen and oxygen atoms in total. The van der Waals surface area contributed by atoms with Crippen LogP contribution in [0.1, 0.15) is 18.1 Å². The summed E-state index contributed by atoms with van der Waals surface area (Å²) in [6.45, 7) is 2.63. The number of carbonyl (C=O) groups excluding carboxylic acids is 1. The van der Waals surface area contributed by atoms with Crippen molar-refractivity contribution >= 4 is 12.0 Å². The minimum atomic E-state index is -1.02. The average molecular weight is 280 g/mol. The van der Waals surface area contributed by atoms with Crippen LogP contribution < -0.4 is 10.6 Å². The number of hydrogen-bond donors (Lipinski definition) is 3. The van der Waals surface area contributed by atoms with Crippen molar-refractivity contribution in [3.05, 3.63) is 35.4 Å². The third-order valence-electron chi connectivity index (χ3n) is 2.64. The van der Waals surface area contributed by atoms with Crippen LogP contribution in [0.4, 0.5) is 4.79 Å². The quantitative estimate of drug-likeness (QED) is 0.623. The summed E-state index contributed by atoms with van der Waals surface area (Å²) in [6.07, 6.45) is 0.991. The highest BCUT2D eigenvalue weighted by atomic mass is 16.5. The Morgan fingerprint density at radius 3 is 2.40 bits per heavy atom. The van der Waals surface area contributed by atoms with E-state index in [1.165, 1.54) is 5.56 Å². The van der Waals surface area contributed by atoms with E-state index in [2.05, 4.69) is 17.6 Å². The van der Waals surface area contributed by atoms with Crippen molar-refractivity contribution < 1.29 is 19.4 Å². The molecule has 0 radical (unpaired) electrons. The minimum absolute atomic E-state index is 0.172. The number of urea groups is 1. The second kappa shape index (κ2) is 8.92. The Bertz CT molecular complexity index is 431. The molecule has 0 fully saturated rings. The van der Waals surface area contributed by atoms with Gasteiger partial charge in [0.15, 0.2) is 0 Å². The van der Waals surface area contributed by atoms with Gasteiger partial charge in [0.2, 0.25) is 0 Å². The van der Waals surface area contributed by atoms with E-state index in [4.69, 9.17) is 9.84 Å². The summed E-state index contributed by atoms with van der Waals surface area (Å²) in [6, 6.07) is 7.73. The van der Waals surface area contributed by atoms with Crippen LogP contribution in [0.5, 0.6) is 0 Å². The second-order valence-electron chi connectivity index (χ2n) is 4.23. The van der Waals surface area contributed by atoms with E-state index in [-0.39, 0.29) is 25.8 Å². The first-order valence-electron chi connectivity index (χ1n) is 6.51. The maximum Gasteiger partial charge on any atom is 0.329 e. The zero-order valence-corrected chi connectivity index (χ0v) is 11.5. The topological polar surface area (TPSA) is 87.7 Å². The van der Waals surface area contributed by atoms with E-state index in [9.17, 15) is 9.59 Å². The van der Waals surface area contributed by atoms with Crippen molar-refractivity contribution in [2.75, 3.05) is 19.8 Å². The van der Waals surface area contributed by atoms with Gasteiger partial charge in [0, 0.05) is 13.1 Å². The maximum atomic E-state index is 11.4. The SMILES string of the molecule is CCc1ccc(CNC(=O)NCCOCC(=O)O)cc1. The number of carboxylic acids is 1. The molecule has 0 aliphatic heterocycles. The summed E-state index contributed by atoms with van der Waals surface area (Å²) in [4.78, 5) is 21.6. The molecular weight excluding hydrogens is 260 g/mol. The van der Waals surface area contributed by atoms with Gasteiger partial charge in [-0.05, 0) is 17.5 Å². The Kier molecular flexibility index (Phi) is 7.13. The van der Waals surface area contributed by atoms with Crippen molar-refractivity contribution in [2.45, 2.75) is 19.9 Å². The van der Waals surface area contributed by atoms with Crippen molar-refractivity contribution in [1.29, 1.82) is 0 Å². The zero-order chi connectivity index (χ0) is 14.8. The summed E-state index contributed by atoms with van der Waals surface area (Å²) in [7, 11) is 0. The van der Waals surface area contributed by atoms with Gasteiger partial charge in [-0.2, -0.15) is 0 Å². The summed E-state index contributed by atoms with van der Waals surface area (Å²) in [5.41, 5.74) is 2.29. The van der Waals surface area contributed by atoms with Crippen LogP contribution >= 0.6 is 0 Å². The Labute approximate surface area is 118 Å². The number of aliphatic carboxylic acids is 1. The summed E-state index contributed by atoms with van der Waals surface area (Å²) >= 11 is 0. The molecule has 110 valence electrons. The maximum absolute atomic E-state index is 11.4. The van der Waals surface area contributed by atoms with Gasteiger partial charge in [0.05, 0.1) is 6.61 Å². The first-order valence-corrected chi connectivity index (χ1v) is 6.51. The Balaban J connectivity index is 2.14. The molecule has 0 aliphatic carbocycles. The number of nitrogens with one attached hydrogen (secondary N) is 2. The first kappa shape index (κ1) is 16.0. The highest BCUT2D eigenvalue weighted by molar-refractivity contribution is 5.73. The van der Waals surface area contributed by atoms with Crippen LogP contribution in [-0.4, -0.2) is 36.9 Å². The molecule has 0 saturated carbocycles. The lowest BCUT2D eigenvalue weighted by atomic mass is 10.1. The van der Waals surface area contributed by atoms with Crippen LogP contribution in [0.2, 0.25) is 0 Å². The predicted molar refractivity (Wildman–Crippen MR) is 74.5 cm³/mol. The molecule has 0 spiro atoms. The molecule has 1 aromatic rings. The lowest BCUT2D eigenvalue weighted by Gasteiger charge is -2.08. The molecule has 0 aliphatic rings. The van der Waals surface area contributed by atoms with Crippen molar-refractivity contribution in [1.82, 2.24) is 10.6 Å². The molecule has 0 heterocycles. The number of rotatable bonds is 8. The van der Waals surface area contributed by atoms with Crippen LogP contribution in [0.3, 0.4) is 0 Å². The molecule has 6 heteroatoms. The number of carbonyl (C=O) groups is 2. The van der Waals surface area contributed by atoms with Crippen molar-refractivity contribution in [3.63, 3.8) is 0 Å². The normalized spacial score (nSPS) is 10.1. The molecule has 0 saturated heterocycles. The number of aryl methyl sites for hydroxylation is 1. The molecule has 1 aromatic carbocycles. The van der Waals surface area contributed by atoms with Gasteiger partial charge in [-0.3, -0.25) is 0 Å². The molecule has 0 aromatic heterocycles. The number of hydrogen-bond acceptors (Lipinski definition) is 3. The summed E-state index contributed by atoms with van der Waals surface area (Å²) in [5, 5.41) is 13.6. The third-order valence-corrected chi connectivity index (χ3v) is 2.64. The molecule has 0 unspecified atom stereocenters. The number of amides is 2. The molecule has 3 N–H and O–H groups in total. The predicted octanol–water partition coefficient (Wildman–Crippen LogP) is 1.15. The lowest BCUT2D eigenvalue weighted by molar-refractivity contribution is -0.142. The van der Waals surface area contributed by atoms with Crippen LogP contribution in [0.25, 0.3) is 0 Å². The number of ether oxygens (including phenoxy) is 1. The van der Waals surface area contributed by atoms with Gasteiger partial charge in [-0.1, -0.05) is 31.2 Å². The fourth-order valence-electron chi connectivity index (χ4n) is 1.53. The third kappa shape index (κ3) is 6.75. The van der Waals surface area contributed by atoms with Gasteiger partial charge in [-0.15, -0.1) is 0 Å². The molecule has 0 bridgehead atoms. The monoisotopic (exact) mass is 280 g/mol. The van der Waals surface area contributed by atoms with E-state index >= 15 is 0 Å². The van der Waals surface area contributed by atoms with Gasteiger partial charge >= 0.3 is 12.0 Å². The van der Waals surface area contributed by atoms with E-state index < -0.39 is 5.97 Å². The smallest absolute Gasteiger partial charge is 0.329 e. The summed E-state index contributed by atoms with van der Waals surface area (Å²) in [5.74, 6) is -1.02. The fourth-order valence-corrected chi connectivity index (χ4v) is 1.53. The van der Waals surface area contributed by atoms with Crippen LogP contribution in [0, 0.1) is 0 Å². The fraction of sp³-hybridized carbons (Fsp3) is 0.429. The van der Waals surface area contributed by atoms with E-state index in [1.54, 1.807) is 0 Å². The highest BCUT2D eigenvalue weighted by Crippen LogP contribution is 2.04. The molecule has 1 rings (SSSR count). The minimum Gasteiger partial charge on any atom is -0.480 e.